The summed E-state index contributed by atoms with van der Waals surface area (Å²) < 4.78 is 0. The molecule has 3 rings (SSSR count). The van der Waals surface area contributed by atoms with Gasteiger partial charge in [-0.15, -0.1) is 0 Å². The molecule has 2 fully saturated rings. The first-order chi connectivity index (χ1) is 9.13. The lowest BCUT2D eigenvalue weighted by Gasteiger charge is -2.28. The Morgan fingerprint density at radius 2 is 2.21 bits per heavy atom. The molecular weight excluding hydrogens is 236 g/mol. The molecule has 0 spiro atoms. The number of nitrogens with one attached hydrogen (secondary N) is 1. The Hall–Kier alpha value is -1.51. The molecule has 1 aromatic rings. The molecule has 0 saturated heterocycles. The van der Waals surface area contributed by atoms with E-state index in [2.05, 4.69) is 12.2 Å². The highest BCUT2D eigenvalue weighted by Gasteiger charge is 2.42. The molecule has 19 heavy (non-hydrogen) atoms. The molecule has 102 valence electrons. The SMILES string of the molecule is CC(NC(=O)c1cccc(N)c1)C1CC2CCC1C2. The number of carbonyl (C=O) groups is 1. The molecule has 3 heteroatoms. The number of carbonyl (C=O) groups excluding carboxylic acids is 1. The van der Waals surface area contributed by atoms with Gasteiger partial charge in [-0.2, -0.15) is 0 Å². The third kappa shape index (κ3) is 2.46. The zero-order chi connectivity index (χ0) is 13.4. The third-order valence-electron chi connectivity index (χ3n) is 4.94. The number of anilines is 1. The number of hydrogen-bond donors (Lipinski definition) is 2. The molecule has 2 aliphatic rings. The number of nitrogens with two attached hydrogens (primary N) is 1. The van der Waals surface area contributed by atoms with Crippen LogP contribution in [0.3, 0.4) is 0 Å². The van der Waals surface area contributed by atoms with Gasteiger partial charge in [0.05, 0.1) is 0 Å². The first-order valence-electron chi connectivity index (χ1n) is 7.30. The molecule has 0 aromatic heterocycles. The fourth-order valence-corrected chi connectivity index (χ4v) is 3.98. The molecule has 2 saturated carbocycles. The van der Waals surface area contributed by atoms with Crippen molar-refractivity contribution >= 4 is 11.6 Å². The van der Waals surface area contributed by atoms with Gasteiger partial charge in [-0.3, -0.25) is 4.79 Å². The zero-order valence-electron chi connectivity index (χ0n) is 11.4. The number of benzene rings is 1. The van der Waals surface area contributed by atoms with E-state index in [1.165, 1.54) is 25.7 Å². The third-order valence-corrected chi connectivity index (χ3v) is 4.94. The summed E-state index contributed by atoms with van der Waals surface area (Å²) in [6, 6.07) is 7.45. The Kier molecular flexibility index (Phi) is 3.21. The predicted octanol–water partition coefficient (Wildman–Crippen LogP) is 2.82. The van der Waals surface area contributed by atoms with E-state index in [0.29, 0.717) is 17.2 Å². The van der Waals surface area contributed by atoms with Crippen LogP contribution < -0.4 is 11.1 Å². The smallest absolute Gasteiger partial charge is 0.251 e. The summed E-state index contributed by atoms with van der Waals surface area (Å²) in [5, 5.41) is 3.16. The van der Waals surface area contributed by atoms with Crippen molar-refractivity contribution in [2.75, 3.05) is 5.73 Å². The second-order valence-electron chi connectivity index (χ2n) is 6.23. The summed E-state index contributed by atoms with van der Waals surface area (Å²) in [4.78, 5) is 12.2. The summed E-state index contributed by atoms with van der Waals surface area (Å²) in [6.07, 6.45) is 5.43. The Morgan fingerprint density at radius 1 is 1.37 bits per heavy atom. The van der Waals surface area contributed by atoms with E-state index in [4.69, 9.17) is 5.73 Å². The minimum atomic E-state index is 0.00238. The van der Waals surface area contributed by atoms with Crippen molar-refractivity contribution in [1.29, 1.82) is 0 Å². The lowest BCUT2D eigenvalue weighted by molar-refractivity contribution is 0.0915. The van der Waals surface area contributed by atoms with Crippen molar-refractivity contribution in [2.24, 2.45) is 17.8 Å². The first-order valence-corrected chi connectivity index (χ1v) is 7.30. The molecule has 1 amide bonds. The number of nitrogen functional groups attached to an aromatic ring is 1. The summed E-state index contributed by atoms with van der Waals surface area (Å²) >= 11 is 0. The van der Waals surface area contributed by atoms with Crippen LogP contribution in [0.25, 0.3) is 0 Å². The second kappa shape index (κ2) is 4.87. The molecule has 0 heterocycles. The molecule has 2 bridgehead atoms. The maximum absolute atomic E-state index is 12.2. The Balaban J connectivity index is 1.63. The van der Waals surface area contributed by atoms with Crippen LogP contribution in [0.15, 0.2) is 24.3 Å². The Bertz CT molecular complexity index is 485. The lowest BCUT2D eigenvalue weighted by Crippen LogP contribution is -2.40. The van der Waals surface area contributed by atoms with Gasteiger partial charge in [-0.25, -0.2) is 0 Å². The van der Waals surface area contributed by atoms with Crippen LogP contribution in [0.1, 0.15) is 43.0 Å². The van der Waals surface area contributed by atoms with Crippen molar-refractivity contribution in [3.63, 3.8) is 0 Å². The molecule has 4 atom stereocenters. The maximum atomic E-state index is 12.2. The van der Waals surface area contributed by atoms with E-state index in [-0.39, 0.29) is 11.9 Å². The highest BCUT2D eigenvalue weighted by Crippen LogP contribution is 2.49. The minimum Gasteiger partial charge on any atom is -0.399 e. The van der Waals surface area contributed by atoms with Gasteiger partial charge in [0.15, 0.2) is 0 Å². The van der Waals surface area contributed by atoms with Crippen LogP contribution in [0.4, 0.5) is 5.69 Å². The summed E-state index contributed by atoms with van der Waals surface area (Å²) in [7, 11) is 0. The van der Waals surface area contributed by atoms with E-state index in [1.54, 1.807) is 12.1 Å². The molecule has 0 radical (unpaired) electrons. The van der Waals surface area contributed by atoms with Gasteiger partial charge in [0.25, 0.3) is 5.91 Å². The van der Waals surface area contributed by atoms with Gasteiger partial charge in [0.2, 0.25) is 0 Å². The van der Waals surface area contributed by atoms with Crippen molar-refractivity contribution < 1.29 is 4.79 Å². The van der Waals surface area contributed by atoms with Crippen molar-refractivity contribution in [3.8, 4) is 0 Å². The molecule has 4 unspecified atom stereocenters. The van der Waals surface area contributed by atoms with Gasteiger partial charge in [0.1, 0.15) is 0 Å². The Labute approximate surface area is 114 Å². The van der Waals surface area contributed by atoms with Crippen LogP contribution >= 0.6 is 0 Å². The van der Waals surface area contributed by atoms with Crippen molar-refractivity contribution in [3.05, 3.63) is 29.8 Å². The van der Waals surface area contributed by atoms with Crippen LogP contribution in [-0.2, 0) is 0 Å². The monoisotopic (exact) mass is 258 g/mol. The van der Waals surface area contributed by atoms with E-state index >= 15 is 0 Å². The largest absolute Gasteiger partial charge is 0.399 e. The van der Waals surface area contributed by atoms with Gasteiger partial charge >= 0.3 is 0 Å². The summed E-state index contributed by atoms with van der Waals surface area (Å²) in [5.41, 5.74) is 7.02. The van der Waals surface area contributed by atoms with Crippen molar-refractivity contribution in [2.45, 2.75) is 38.6 Å². The highest BCUT2D eigenvalue weighted by atomic mass is 16.1. The zero-order valence-corrected chi connectivity index (χ0v) is 11.4. The fourth-order valence-electron chi connectivity index (χ4n) is 3.98. The molecule has 2 aliphatic carbocycles. The lowest BCUT2D eigenvalue weighted by atomic mass is 9.84. The molecule has 1 aromatic carbocycles. The Morgan fingerprint density at radius 3 is 2.84 bits per heavy atom. The number of amides is 1. The fraction of sp³-hybridized carbons (Fsp3) is 0.562. The quantitative estimate of drug-likeness (QED) is 0.819. The molecular formula is C16H22N2O. The topological polar surface area (TPSA) is 55.1 Å². The number of fused-ring (bicyclic) bond motifs is 2. The van der Waals surface area contributed by atoms with Crippen molar-refractivity contribution in [1.82, 2.24) is 5.32 Å². The summed E-state index contributed by atoms with van der Waals surface area (Å²) in [6.45, 7) is 2.15. The normalized spacial score (nSPS) is 30.3. The standard InChI is InChI=1S/C16H22N2O/c1-10(15-8-11-5-6-12(15)7-11)18-16(19)13-3-2-4-14(17)9-13/h2-4,9-12,15H,5-8,17H2,1H3,(H,18,19). The van der Waals surface area contributed by atoms with Crippen LogP contribution in [0.5, 0.6) is 0 Å². The predicted molar refractivity (Wildman–Crippen MR) is 76.7 cm³/mol. The minimum absolute atomic E-state index is 0.00238. The highest BCUT2D eigenvalue weighted by molar-refractivity contribution is 5.95. The average Bonchev–Trinajstić information content (AvgIpc) is 3.00. The van der Waals surface area contributed by atoms with E-state index in [1.807, 2.05) is 12.1 Å². The summed E-state index contributed by atoms with van der Waals surface area (Å²) in [5.74, 6) is 2.43. The molecule has 0 aliphatic heterocycles. The van der Waals surface area contributed by atoms with E-state index in [9.17, 15) is 4.79 Å². The van der Waals surface area contributed by atoms with E-state index < -0.39 is 0 Å². The average molecular weight is 258 g/mol. The number of hydrogen-bond acceptors (Lipinski definition) is 2. The van der Waals surface area contributed by atoms with Gasteiger partial charge in [-0.1, -0.05) is 12.5 Å². The first kappa shape index (κ1) is 12.5. The van der Waals surface area contributed by atoms with Gasteiger partial charge in [-0.05, 0) is 62.1 Å². The molecule has 3 nitrogen and oxygen atoms in total. The van der Waals surface area contributed by atoms with Crippen LogP contribution in [0, 0.1) is 17.8 Å². The van der Waals surface area contributed by atoms with E-state index in [0.717, 1.165) is 11.8 Å². The van der Waals surface area contributed by atoms with Gasteiger partial charge < -0.3 is 11.1 Å². The maximum Gasteiger partial charge on any atom is 0.251 e. The second-order valence-corrected chi connectivity index (χ2v) is 6.23. The van der Waals surface area contributed by atoms with Gasteiger partial charge in [0, 0.05) is 17.3 Å². The van der Waals surface area contributed by atoms with Crippen LogP contribution in [-0.4, -0.2) is 11.9 Å². The van der Waals surface area contributed by atoms with Crippen LogP contribution in [0.2, 0.25) is 0 Å². The number of rotatable bonds is 3. The molecule has 3 N–H and O–H groups in total.